The minimum atomic E-state index is 0.850. The molecular weight excluding hydrogens is 635 g/mol. The number of aromatic amines is 2. The van der Waals surface area contributed by atoms with Gasteiger partial charge < -0.3 is 9.97 Å². The number of hydrogen-bond acceptors (Lipinski definition) is 3. The molecule has 5 nitrogen and oxygen atoms in total. The molecule has 2 aliphatic rings. The highest BCUT2D eigenvalue weighted by Crippen LogP contribution is 2.38. The van der Waals surface area contributed by atoms with E-state index in [2.05, 4.69) is 157 Å². The van der Waals surface area contributed by atoms with E-state index in [4.69, 9.17) is 9.97 Å². The first kappa shape index (κ1) is 31.2. The van der Waals surface area contributed by atoms with Gasteiger partial charge in [-0.2, -0.15) is 0 Å². The lowest BCUT2D eigenvalue weighted by Crippen LogP contribution is -1.91. The first-order chi connectivity index (χ1) is 25.5. The number of aryl methyl sites for hydroxylation is 2. The van der Waals surface area contributed by atoms with Crippen molar-refractivity contribution < 1.29 is 0 Å². The third-order valence-corrected chi connectivity index (χ3v) is 9.84. The van der Waals surface area contributed by atoms with Gasteiger partial charge in [-0.25, -0.2) is 9.97 Å². The molecule has 0 spiro atoms. The average Bonchev–Trinajstić information content (AvgIpc) is 4.02. The van der Waals surface area contributed by atoms with Gasteiger partial charge in [0.25, 0.3) is 0 Å². The van der Waals surface area contributed by atoms with Gasteiger partial charge in [0.1, 0.15) is 0 Å². The minimum Gasteiger partial charge on any atom is -0.354 e. The predicted octanol–water partition coefficient (Wildman–Crippen LogP) is 12.0. The summed E-state index contributed by atoms with van der Waals surface area (Å²) in [5, 5.41) is 0. The Morgan fingerprint density at radius 1 is 0.423 bits per heavy atom. The van der Waals surface area contributed by atoms with Gasteiger partial charge >= 0.3 is 0 Å². The first-order valence-corrected chi connectivity index (χ1v) is 17.5. The van der Waals surface area contributed by atoms with Gasteiger partial charge in [-0.3, -0.25) is 4.98 Å². The summed E-state index contributed by atoms with van der Waals surface area (Å²) in [6.07, 6.45) is 14.0. The topological polar surface area (TPSA) is 70.2 Å². The fraction of sp³-hybridized carbons (Fsp3) is 0.0426. The standard InChI is InChI=1S/C47H35N5/c1-4-31-9-15-34(16-10-31)46-40-19-17-36(49-40)44(32-11-5-29(2)6-12-32)38-21-23-42(51-38)47(35-25-27-48-28-26-35)43-24-22-39(52-43)45(37-18-20-41(46)50-37)33-13-7-30(3)8-14-33/h4-28,49-50H,1H2,2-3H3. The third kappa shape index (κ3) is 5.59. The van der Waals surface area contributed by atoms with Crippen molar-refractivity contribution in [1.29, 1.82) is 0 Å². The normalized spacial score (nSPS) is 12.0. The van der Waals surface area contributed by atoms with Crippen molar-refractivity contribution >= 4 is 52.4 Å². The molecule has 8 bridgehead atoms. The molecule has 0 unspecified atom stereocenters. The Morgan fingerprint density at radius 2 is 0.788 bits per heavy atom. The zero-order valence-electron chi connectivity index (χ0n) is 29.0. The molecule has 0 fully saturated rings. The Labute approximate surface area is 302 Å². The van der Waals surface area contributed by atoms with Crippen molar-refractivity contribution in [2.24, 2.45) is 0 Å². The number of aromatic nitrogens is 5. The molecule has 0 saturated heterocycles. The number of rotatable bonds is 5. The molecule has 0 saturated carbocycles. The van der Waals surface area contributed by atoms with Crippen LogP contribution in [0, 0.1) is 13.8 Å². The summed E-state index contributed by atoms with van der Waals surface area (Å²) in [6.45, 7) is 8.20. The lowest BCUT2D eigenvalue weighted by molar-refractivity contribution is 1.26. The van der Waals surface area contributed by atoms with Crippen molar-refractivity contribution in [3.05, 3.63) is 168 Å². The molecule has 0 radical (unpaired) electrons. The monoisotopic (exact) mass is 669 g/mol. The molecule has 2 N–H and O–H groups in total. The molecule has 9 rings (SSSR count). The van der Waals surface area contributed by atoms with Crippen LogP contribution in [0.15, 0.2) is 128 Å². The summed E-state index contributed by atoms with van der Waals surface area (Å²) in [5.74, 6) is 0. The van der Waals surface area contributed by atoms with Gasteiger partial charge in [-0.05, 0) is 102 Å². The molecule has 4 aromatic heterocycles. The second-order valence-corrected chi connectivity index (χ2v) is 13.3. The Morgan fingerprint density at radius 3 is 1.23 bits per heavy atom. The zero-order chi connectivity index (χ0) is 35.2. The number of pyridine rings is 1. The highest BCUT2D eigenvalue weighted by molar-refractivity contribution is 6.00. The molecular formula is C47H35N5. The van der Waals surface area contributed by atoms with Crippen molar-refractivity contribution in [1.82, 2.24) is 24.9 Å². The van der Waals surface area contributed by atoms with Gasteiger partial charge in [0.15, 0.2) is 0 Å². The SMILES string of the molecule is C=Cc1ccc(-c2c3ccc([nH]3)c(-c3ccc(C)cc3)c3nc(c(-c4ccncc4)c4nc(c(-c5ccc(C)cc5)c5ccc2[nH]5)C=C4)C=C3)cc1. The van der Waals surface area contributed by atoms with Crippen LogP contribution in [0.25, 0.3) is 97.0 Å². The number of nitrogens with one attached hydrogen (secondary N) is 2. The number of nitrogens with zero attached hydrogens (tertiary/aromatic N) is 3. The average molecular weight is 670 g/mol. The van der Waals surface area contributed by atoms with Gasteiger partial charge in [0.05, 0.1) is 22.8 Å². The molecule has 5 heteroatoms. The molecule has 6 heterocycles. The Hall–Kier alpha value is -6.85. The summed E-state index contributed by atoms with van der Waals surface area (Å²) < 4.78 is 0. The van der Waals surface area contributed by atoms with E-state index in [1.807, 2.05) is 30.6 Å². The van der Waals surface area contributed by atoms with Crippen molar-refractivity contribution in [2.45, 2.75) is 13.8 Å². The molecule has 0 amide bonds. The maximum Gasteiger partial charge on any atom is 0.0738 e. The van der Waals surface area contributed by atoms with Crippen LogP contribution in [0.3, 0.4) is 0 Å². The molecule has 2 aliphatic heterocycles. The van der Waals surface area contributed by atoms with Gasteiger partial charge in [-0.1, -0.05) is 96.6 Å². The van der Waals surface area contributed by atoms with Gasteiger partial charge in [0.2, 0.25) is 0 Å². The van der Waals surface area contributed by atoms with E-state index in [0.29, 0.717) is 0 Å². The van der Waals surface area contributed by atoms with Gasteiger partial charge in [-0.15, -0.1) is 0 Å². The third-order valence-electron chi connectivity index (χ3n) is 9.84. The van der Waals surface area contributed by atoms with E-state index >= 15 is 0 Å². The van der Waals surface area contributed by atoms with Crippen LogP contribution in [-0.4, -0.2) is 24.9 Å². The van der Waals surface area contributed by atoms with Crippen molar-refractivity contribution in [2.75, 3.05) is 0 Å². The highest BCUT2D eigenvalue weighted by Gasteiger charge is 2.19. The molecule has 0 atom stereocenters. The second-order valence-electron chi connectivity index (χ2n) is 13.3. The molecule has 3 aromatic carbocycles. The van der Waals surface area contributed by atoms with Crippen LogP contribution >= 0.6 is 0 Å². The fourth-order valence-corrected chi connectivity index (χ4v) is 7.17. The zero-order valence-corrected chi connectivity index (χ0v) is 29.0. The largest absolute Gasteiger partial charge is 0.354 e. The van der Waals surface area contributed by atoms with Crippen LogP contribution in [0.4, 0.5) is 0 Å². The summed E-state index contributed by atoms with van der Waals surface area (Å²) >= 11 is 0. The van der Waals surface area contributed by atoms with Crippen molar-refractivity contribution in [3.63, 3.8) is 0 Å². The van der Waals surface area contributed by atoms with E-state index in [1.165, 1.54) is 11.1 Å². The van der Waals surface area contributed by atoms with Crippen LogP contribution in [0.2, 0.25) is 0 Å². The summed E-state index contributed by atoms with van der Waals surface area (Å²) in [5.41, 5.74) is 19.2. The van der Waals surface area contributed by atoms with E-state index in [-0.39, 0.29) is 0 Å². The molecule has 7 aromatic rings. The Kier molecular flexibility index (Phi) is 7.67. The van der Waals surface area contributed by atoms with E-state index in [0.717, 1.165) is 94.9 Å². The summed E-state index contributed by atoms with van der Waals surface area (Å²) in [4.78, 5) is 22.7. The first-order valence-electron chi connectivity index (χ1n) is 17.5. The Bertz CT molecular complexity index is 2580. The van der Waals surface area contributed by atoms with Crippen LogP contribution in [0.5, 0.6) is 0 Å². The predicted molar refractivity (Wildman–Crippen MR) is 218 cm³/mol. The molecule has 248 valence electrons. The van der Waals surface area contributed by atoms with E-state index < -0.39 is 0 Å². The van der Waals surface area contributed by atoms with Crippen LogP contribution in [0.1, 0.15) is 39.5 Å². The molecule has 0 aliphatic carbocycles. The van der Waals surface area contributed by atoms with Crippen LogP contribution in [-0.2, 0) is 0 Å². The van der Waals surface area contributed by atoms with E-state index in [1.54, 1.807) is 0 Å². The minimum absolute atomic E-state index is 0.850. The summed E-state index contributed by atoms with van der Waals surface area (Å²) in [6, 6.07) is 38.6. The molecule has 52 heavy (non-hydrogen) atoms. The smallest absolute Gasteiger partial charge is 0.0738 e. The fourth-order valence-electron chi connectivity index (χ4n) is 7.17. The Balaban J connectivity index is 1.46. The maximum absolute atomic E-state index is 5.36. The second kappa shape index (κ2) is 12.8. The number of hydrogen-bond donors (Lipinski definition) is 2. The number of H-pyrrole nitrogens is 2. The quantitative estimate of drug-likeness (QED) is 0.192. The number of benzene rings is 3. The lowest BCUT2D eigenvalue weighted by atomic mass is 10.0. The lowest BCUT2D eigenvalue weighted by Gasteiger charge is -2.07. The highest BCUT2D eigenvalue weighted by atomic mass is 14.8. The van der Waals surface area contributed by atoms with E-state index in [9.17, 15) is 0 Å². The van der Waals surface area contributed by atoms with Gasteiger partial charge in [0, 0.05) is 56.7 Å². The van der Waals surface area contributed by atoms with Crippen LogP contribution < -0.4 is 0 Å². The summed E-state index contributed by atoms with van der Waals surface area (Å²) in [7, 11) is 0. The number of fused-ring (bicyclic) bond motifs is 8. The maximum atomic E-state index is 5.36. The van der Waals surface area contributed by atoms with Crippen molar-refractivity contribution in [3.8, 4) is 44.5 Å².